The Morgan fingerprint density at radius 1 is 0.972 bits per heavy atom. The molecule has 3 rings (SSSR count). The predicted molar refractivity (Wildman–Crippen MR) is 111 cm³/mol. The van der Waals surface area contributed by atoms with Crippen molar-refractivity contribution in [3.63, 3.8) is 0 Å². The van der Waals surface area contributed by atoms with Crippen LogP contribution in [0.1, 0.15) is 47.2 Å². The number of nitrogens with one attached hydrogen (secondary N) is 1. The molecule has 1 N–H and O–H groups in total. The third-order valence-corrected chi connectivity index (χ3v) is 5.88. The molecule has 0 bridgehead atoms. The summed E-state index contributed by atoms with van der Waals surface area (Å²) >= 11 is 5.84. The summed E-state index contributed by atoms with van der Waals surface area (Å²) in [6.45, 7) is 0.828. The molecule has 1 heterocycles. The van der Waals surface area contributed by atoms with Crippen LogP contribution in [0, 0.1) is 0 Å². The maximum atomic E-state index is 13.3. The van der Waals surface area contributed by atoms with E-state index in [0.717, 1.165) is 24.1 Å². The number of ether oxygens (including phenoxy) is 1. The summed E-state index contributed by atoms with van der Waals surface area (Å²) in [5, 5.41) is 2.14. The third-order valence-electron chi connectivity index (χ3n) is 5.57. The molecule has 0 radical (unpaired) electrons. The quantitative estimate of drug-likeness (QED) is 0.396. The van der Waals surface area contributed by atoms with E-state index in [2.05, 4.69) is 5.32 Å². The van der Waals surface area contributed by atoms with Crippen LogP contribution >= 0.6 is 11.6 Å². The molecule has 1 aliphatic heterocycles. The van der Waals surface area contributed by atoms with Gasteiger partial charge < -0.3 is 10.1 Å². The van der Waals surface area contributed by atoms with E-state index in [-0.39, 0.29) is 23.7 Å². The van der Waals surface area contributed by atoms with Gasteiger partial charge in [-0.25, -0.2) is 4.79 Å². The Balaban J connectivity index is 2.13. The number of hydrogen-bond acceptors (Lipinski definition) is 3. The molecule has 0 saturated carbocycles. The van der Waals surface area contributed by atoms with Crippen LogP contribution in [0.3, 0.4) is 0 Å². The molecule has 2 unspecified atom stereocenters. The Bertz CT molecular complexity index is 1110. The van der Waals surface area contributed by atoms with Crippen molar-refractivity contribution in [2.45, 2.75) is 50.5 Å². The van der Waals surface area contributed by atoms with Crippen LogP contribution < -0.4 is 5.32 Å². The molecule has 2 atom stereocenters. The van der Waals surface area contributed by atoms with Gasteiger partial charge in [-0.2, -0.15) is 39.5 Å². The van der Waals surface area contributed by atoms with Crippen molar-refractivity contribution in [2.24, 2.45) is 0 Å². The Labute approximate surface area is 204 Å². The number of rotatable bonds is 3. The van der Waals surface area contributed by atoms with Crippen LogP contribution in [0.2, 0.25) is 5.02 Å². The van der Waals surface area contributed by atoms with Gasteiger partial charge in [-0.15, -0.1) is 0 Å². The molecule has 2 aromatic carbocycles. The number of methoxy groups -OCH3 is 1. The van der Waals surface area contributed by atoms with Gasteiger partial charge in [0.25, 0.3) is 0 Å². The number of alkyl halides is 9. The number of carbonyl (C=O) groups excluding carboxylic acids is 1. The lowest BCUT2D eigenvalue weighted by Gasteiger charge is -2.38. The zero-order valence-corrected chi connectivity index (χ0v) is 19.3. The zero-order valence-electron chi connectivity index (χ0n) is 18.5. The second-order valence-electron chi connectivity index (χ2n) is 8.23. The molecule has 198 valence electrons. The van der Waals surface area contributed by atoms with E-state index in [4.69, 9.17) is 16.3 Å². The van der Waals surface area contributed by atoms with Crippen molar-refractivity contribution in [2.75, 3.05) is 12.4 Å². The number of anilines is 1. The fourth-order valence-corrected chi connectivity index (χ4v) is 4.29. The Morgan fingerprint density at radius 3 is 2.00 bits per heavy atom. The highest BCUT2D eigenvalue weighted by Gasteiger charge is 2.40. The highest BCUT2D eigenvalue weighted by atomic mass is 35.5. The van der Waals surface area contributed by atoms with Gasteiger partial charge in [-0.1, -0.05) is 11.6 Å². The smallest absolute Gasteiger partial charge is 0.417 e. The van der Waals surface area contributed by atoms with Crippen LogP contribution in [-0.2, 0) is 29.8 Å². The highest BCUT2D eigenvalue weighted by molar-refractivity contribution is 6.31. The summed E-state index contributed by atoms with van der Waals surface area (Å²) in [6, 6.07) is 0.990. The van der Waals surface area contributed by atoms with Gasteiger partial charge in [-0.3, -0.25) is 4.90 Å². The summed E-state index contributed by atoms with van der Waals surface area (Å²) in [7, 11) is 0.952. The van der Waals surface area contributed by atoms with E-state index in [1.807, 2.05) is 0 Å². The summed E-state index contributed by atoms with van der Waals surface area (Å²) in [5.74, 6) is 0. The number of hydrogen-bond donors (Lipinski definition) is 1. The second kappa shape index (κ2) is 9.56. The van der Waals surface area contributed by atoms with Crippen molar-refractivity contribution < 1.29 is 49.0 Å². The van der Waals surface area contributed by atoms with Crippen LogP contribution in [-0.4, -0.2) is 24.1 Å². The number of amides is 1. The van der Waals surface area contributed by atoms with E-state index < -0.39 is 70.5 Å². The first-order chi connectivity index (χ1) is 16.4. The van der Waals surface area contributed by atoms with Crippen molar-refractivity contribution >= 4 is 23.4 Å². The van der Waals surface area contributed by atoms with Gasteiger partial charge in [0, 0.05) is 18.3 Å². The molecule has 4 nitrogen and oxygen atoms in total. The van der Waals surface area contributed by atoms with Gasteiger partial charge in [0.15, 0.2) is 0 Å². The summed E-state index contributed by atoms with van der Waals surface area (Å²) in [4.78, 5) is 13.5. The number of carbonyl (C=O) groups is 1. The van der Waals surface area contributed by atoms with Gasteiger partial charge in [-0.05, 0) is 54.8 Å². The summed E-state index contributed by atoms with van der Waals surface area (Å²) < 4.78 is 124. The normalized spacial score (nSPS) is 18.3. The van der Waals surface area contributed by atoms with Crippen LogP contribution in [0.4, 0.5) is 50.0 Å². The minimum Gasteiger partial charge on any atom is -0.453 e. The summed E-state index contributed by atoms with van der Waals surface area (Å²) in [6.07, 6.45) is -16.1. The molecule has 2 aromatic rings. The minimum atomic E-state index is -5.11. The molecular weight excluding hydrogens is 531 g/mol. The lowest BCUT2D eigenvalue weighted by atomic mass is 9.90. The summed E-state index contributed by atoms with van der Waals surface area (Å²) in [5.41, 5.74) is -4.75. The van der Waals surface area contributed by atoms with E-state index >= 15 is 0 Å². The van der Waals surface area contributed by atoms with Crippen LogP contribution in [0.25, 0.3) is 0 Å². The molecule has 14 heteroatoms. The number of halogens is 10. The molecule has 1 amide bonds. The van der Waals surface area contributed by atoms with Crippen LogP contribution in [0.15, 0.2) is 30.3 Å². The molecule has 0 aliphatic carbocycles. The Morgan fingerprint density at radius 2 is 1.53 bits per heavy atom. The first kappa shape index (κ1) is 27.8. The van der Waals surface area contributed by atoms with Crippen molar-refractivity contribution in [1.29, 1.82) is 0 Å². The first-order valence-electron chi connectivity index (χ1n) is 10.2. The third kappa shape index (κ3) is 5.93. The molecule has 0 fully saturated rings. The van der Waals surface area contributed by atoms with E-state index in [9.17, 15) is 44.3 Å². The molecular formula is C22H18ClF9N2O2. The molecule has 1 aliphatic rings. The fraction of sp³-hybridized carbons (Fsp3) is 0.409. The van der Waals surface area contributed by atoms with Gasteiger partial charge in [0.1, 0.15) is 0 Å². The number of fused-ring (bicyclic) bond motifs is 1. The van der Waals surface area contributed by atoms with Gasteiger partial charge >= 0.3 is 24.6 Å². The highest BCUT2D eigenvalue weighted by Crippen LogP contribution is 2.45. The first-order valence-corrected chi connectivity index (χ1v) is 10.6. The van der Waals surface area contributed by atoms with E-state index in [1.54, 1.807) is 6.92 Å². The fourth-order valence-electron chi connectivity index (χ4n) is 4.01. The topological polar surface area (TPSA) is 41.6 Å². The predicted octanol–water partition coefficient (Wildman–Crippen LogP) is 7.91. The van der Waals surface area contributed by atoms with Crippen molar-refractivity contribution in [1.82, 2.24) is 4.90 Å². The standard InChI is InChI=1S/C22H18ClF9N2O2/c1-10-3-18(14-7-16(23)15(22(30,31)32)8-17(14)33-10)34(19(35)36-2)9-11-4-12(20(24,25)26)6-13(5-11)21(27,28)29/h4-8,10,18,33H,3,9H2,1-2H3. The Hall–Kier alpha value is -2.83. The molecule has 36 heavy (non-hydrogen) atoms. The number of nitrogens with zero attached hydrogens (tertiary/aromatic N) is 1. The van der Waals surface area contributed by atoms with E-state index in [0.29, 0.717) is 12.1 Å². The van der Waals surface area contributed by atoms with Crippen molar-refractivity contribution in [3.8, 4) is 0 Å². The van der Waals surface area contributed by atoms with E-state index in [1.165, 1.54) is 0 Å². The molecule has 0 saturated heterocycles. The monoisotopic (exact) mass is 548 g/mol. The minimum absolute atomic E-state index is 0.0376. The molecule has 0 spiro atoms. The number of benzene rings is 2. The Kier molecular flexibility index (Phi) is 7.37. The van der Waals surface area contributed by atoms with Crippen molar-refractivity contribution in [3.05, 3.63) is 63.2 Å². The molecule has 0 aromatic heterocycles. The lowest BCUT2D eigenvalue weighted by molar-refractivity contribution is -0.143. The maximum Gasteiger partial charge on any atom is 0.417 e. The average molecular weight is 549 g/mol. The van der Waals surface area contributed by atoms with Gasteiger partial charge in [0.05, 0.1) is 34.9 Å². The van der Waals surface area contributed by atoms with Gasteiger partial charge in [0.2, 0.25) is 0 Å². The van der Waals surface area contributed by atoms with Crippen LogP contribution in [0.5, 0.6) is 0 Å². The SMILES string of the molecule is COC(=O)N(Cc1cc(C(F)(F)F)cc(C(F)(F)F)c1)C1CC(C)Nc2cc(C(F)(F)F)c(Cl)cc21. The lowest BCUT2D eigenvalue weighted by Crippen LogP contribution is -2.40. The average Bonchev–Trinajstić information content (AvgIpc) is 2.74. The maximum absolute atomic E-state index is 13.3. The largest absolute Gasteiger partial charge is 0.453 e. The second-order valence-corrected chi connectivity index (χ2v) is 8.63. The zero-order chi connectivity index (χ0) is 27.2.